The average Bonchev–Trinajstić information content (AvgIpc) is 2.70. The molecule has 2 aromatic rings. The molecule has 0 spiro atoms. The minimum absolute atomic E-state index is 0.100. The number of amides is 1. The maximum absolute atomic E-state index is 12.7. The molecule has 0 bridgehead atoms. The van der Waals surface area contributed by atoms with E-state index in [2.05, 4.69) is 5.32 Å². The predicted octanol–water partition coefficient (Wildman–Crippen LogP) is 4.22. The molecule has 0 saturated heterocycles. The Labute approximate surface area is 177 Å². The molecule has 0 fully saturated rings. The quantitative estimate of drug-likeness (QED) is 0.410. The van der Waals surface area contributed by atoms with Crippen LogP contribution in [0.25, 0.3) is 6.08 Å². The number of hydrogen-bond acceptors (Lipinski definition) is 6. The van der Waals surface area contributed by atoms with Crippen LogP contribution < -0.4 is 10.1 Å². The molecule has 31 heavy (non-hydrogen) atoms. The molecule has 0 radical (unpaired) electrons. The van der Waals surface area contributed by atoms with Gasteiger partial charge in [-0.1, -0.05) is 11.6 Å². The SMILES string of the molecule is O=C(COC(=O)C1=Cc2cc(Cl)ccc2OC1)Nc1ccc(C(F)(F)F)cc1[N+](=O)[O-]. The first-order valence-electron chi connectivity index (χ1n) is 8.50. The number of esters is 1. The van der Waals surface area contributed by atoms with E-state index in [-0.39, 0.29) is 12.2 Å². The minimum Gasteiger partial charge on any atom is -0.488 e. The van der Waals surface area contributed by atoms with Crippen molar-refractivity contribution in [2.75, 3.05) is 18.5 Å². The summed E-state index contributed by atoms with van der Waals surface area (Å²) < 4.78 is 48.5. The van der Waals surface area contributed by atoms with Gasteiger partial charge in [0.1, 0.15) is 18.0 Å². The van der Waals surface area contributed by atoms with E-state index >= 15 is 0 Å². The topological polar surface area (TPSA) is 108 Å². The molecular weight excluding hydrogens is 445 g/mol. The third-order valence-electron chi connectivity index (χ3n) is 4.08. The highest BCUT2D eigenvalue weighted by Crippen LogP contribution is 2.35. The number of fused-ring (bicyclic) bond motifs is 1. The summed E-state index contributed by atoms with van der Waals surface area (Å²) in [6.07, 6.45) is -3.31. The molecule has 8 nitrogen and oxygen atoms in total. The van der Waals surface area contributed by atoms with Crippen molar-refractivity contribution < 1.29 is 37.2 Å². The second kappa shape index (κ2) is 8.64. The molecule has 1 heterocycles. The number of hydrogen-bond donors (Lipinski definition) is 1. The molecule has 162 valence electrons. The number of benzene rings is 2. The van der Waals surface area contributed by atoms with Gasteiger partial charge in [0.15, 0.2) is 6.61 Å². The van der Waals surface area contributed by atoms with E-state index in [1.807, 2.05) is 0 Å². The Bertz CT molecular complexity index is 1100. The van der Waals surface area contributed by atoms with Crippen LogP contribution in [-0.4, -0.2) is 30.0 Å². The number of nitro groups is 1. The van der Waals surface area contributed by atoms with Gasteiger partial charge in [-0.15, -0.1) is 0 Å². The number of ether oxygens (including phenoxy) is 2. The highest BCUT2D eigenvalue weighted by atomic mass is 35.5. The fourth-order valence-corrected chi connectivity index (χ4v) is 2.82. The van der Waals surface area contributed by atoms with Crippen molar-refractivity contribution in [2.45, 2.75) is 6.18 Å². The Morgan fingerprint density at radius 2 is 1.97 bits per heavy atom. The third kappa shape index (κ3) is 5.31. The van der Waals surface area contributed by atoms with E-state index < -0.39 is 46.5 Å². The van der Waals surface area contributed by atoms with Gasteiger partial charge >= 0.3 is 12.1 Å². The normalized spacial score (nSPS) is 12.8. The second-order valence-electron chi connectivity index (χ2n) is 6.25. The molecule has 0 aliphatic carbocycles. The van der Waals surface area contributed by atoms with Crippen LogP contribution in [0.1, 0.15) is 11.1 Å². The zero-order chi connectivity index (χ0) is 22.8. The monoisotopic (exact) mass is 456 g/mol. The highest BCUT2D eigenvalue weighted by Gasteiger charge is 2.33. The fraction of sp³-hybridized carbons (Fsp3) is 0.158. The van der Waals surface area contributed by atoms with Gasteiger partial charge in [0, 0.05) is 16.7 Å². The van der Waals surface area contributed by atoms with Crippen molar-refractivity contribution in [3.05, 3.63) is 68.2 Å². The number of nitro benzene ring substituents is 1. The van der Waals surface area contributed by atoms with Gasteiger partial charge in [-0.05, 0) is 36.4 Å². The highest BCUT2D eigenvalue weighted by molar-refractivity contribution is 6.30. The summed E-state index contributed by atoms with van der Waals surface area (Å²) in [4.78, 5) is 34.1. The number of anilines is 1. The summed E-state index contributed by atoms with van der Waals surface area (Å²) in [5, 5.41) is 13.5. The van der Waals surface area contributed by atoms with E-state index in [1.54, 1.807) is 18.2 Å². The lowest BCUT2D eigenvalue weighted by Gasteiger charge is -2.17. The van der Waals surface area contributed by atoms with Crippen molar-refractivity contribution >= 4 is 40.9 Å². The molecule has 2 aromatic carbocycles. The van der Waals surface area contributed by atoms with Gasteiger partial charge in [0.25, 0.3) is 11.6 Å². The van der Waals surface area contributed by atoms with Crippen molar-refractivity contribution in [2.24, 2.45) is 0 Å². The molecule has 1 aliphatic heterocycles. The molecule has 0 aromatic heterocycles. The molecule has 12 heteroatoms. The van der Waals surface area contributed by atoms with Gasteiger partial charge in [-0.3, -0.25) is 14.9 Å². The number of halogens is 4. The Kier molecular flexibility index (Phi) is 6.16. The summed E-state index contributed by atoms with van der Waals surface area (Å²) in [5.41, 5.74) is -2.03. The molecule has 0 atom stereocenters. The average molecular weight is 457 g/mol. The number of carbonyl (C=O) groups excluding carboxylic acids is 2. The maximum Gasteiger partial charge on any atom is 0.416 e. The number of nitrogens with one attached hydrogen (secondary N) is 1. The van der Waals surface area contributed by atoms with Crippen LogP contribution in [0.4, 0.5) is 24.5 Å². The van der Waals surface area contributed by atoms with Gasteiger partial charge in [-0.25, -0.2) is 4.79 Å². The minimum atomic E-state index is -4.79. The van der Waals surface area contributed by atoms with Crippen molar-refractivity contribution in [3.8, 4) is 5.75 Å². The maximum atomic E-state index is 12.7. The summed E-state index contributed by atoms with van der Waals surface area (Å²) >= 11 is 5.89. The number of alkyl halides is 3. The summed E-state index contributed by atoms with van der Waals surface area (Å²) in [5.74, 6) is -1.34. The fourth-order valence-electron chi connectivity index (χ4n) is 2.64. The lowest BCUT2D eigenvalue weighted by molar-refractivity contribution is -0.384. The lowest BCUT2D eigenvalue weighted by Crippen LogP contribution is -2.24. The molecule has 3 rings (SSSR count). The molecular formula is C19H12ClF3N2O6. The van der Waals surface area contributed by atoms with Crippen LogP contribution in [0.2, 0.25) is 5.02 Å². The van der Waals surface area contributed by atoms with Crippen molar-refractivity contribution in [3.63, 3.8) is 0 Å². The van der Waals surface area contributed by atoms with Crippen LogP contribution in [0.3, 0.4) is 0 Å². The zero-order valence-corrected chi connectivity index (χ0v) is 16.1. The molecule has 0 saturated carbocycles. The van der Waals surface area contributed by atoms with E-state index in [0.29, 0.717) is 28.5 Å². The molecule has 1 amide bonds. The smallest absolute Gasteiger partial charge is 0.416 e. The van der Waals surface area contributed by atoms with Crippen molar-refractivity contribution in [1.82, 2.24) is 0 Å². The van der Waals surface area contributed by atoms with Gasteiger partial charge in [-0.2, -0.15) is 13.2 Å². The molecule has 1 N–H and O–H groups in total. The van der Waals surface area contributed by atoms with Crippen LogP contribution in [0.15, 0.2) is 42.0 Å². The van der Waals surface area contributed by atoms with Crippen LogP contribution in [-0.2, 0) is 20.5 Å². The van der Waals surface area contributed by atoms with Crippen LogP contribution >= 0.6 is 11.6 Å². The van der Waals surface area contributed by atoms with E-state index in [4.69, 9.17) is 21.1 Å². The number of rotatable bonds is 5. The molecule has 1 aliphatic rings. The summed E-state index contributed by atoms with van der Waals surface area (Å²) in [6, 6.07) is 6.44. The predicted molar refractivity (Wildman–Crippen MR) is 103 cm³/mol. The first kappa shape index (κ1) is 22.1. The van der Waals surface area contributed by atoms with E-state index in [1.165, 1.54) is 6.08 Å². The van der Waals surface area contributed by atoms with E-state index in [9.17, 15) is 32.9 Å². The largest absolute Gasteiger partial charge is 0.488 e. The Morgan fingerprint density at radius 1 is 1.23 bits per heavy atom. The van der Waals surface area contributed by atoms with Crippen molar-refractivity contribution in [1.29, 1.82) is 0 Å². The first-order chi connectivity index (χ1) is 14.5. The standard InChI is InChI=1S/C19H12ClF3N2O6/c20-13-2-4-16-10(6-13)5-11(8-30-16)18(27)31-9-17(26)24-14-3-1-12(19(21,22)23)7-15(14)25(28)29/h1-7H,8-9H2,(H,24,26). The Hall–Kier alpha value is -3.60. The van der Waals surface area contributed by atoms with E-state index in [0.717, 1.165) is 6.07 Å². The summed E-state index contributed by atoms with van der Waals surface area (Å²) in [7, 11) is 0. The molecule has 0 unspecified atom stereocenters. The zero-order valence-electron chi connectivity index (χ0n) is 15.4. The third-order valence-corrected chi connectivity index (χ3v) is 4.31. The Balaban J connectivity index is 1.65. The number of carbonyl (C=O) groups is 2. The lowest BCUT2D eigenvalue weighted by atomic mass is 10.1. The van der Waals surface area contributed by atoms with Gasteiger partial charge < -0.3 is 14.8 Å². The van der Waals surface area contributed by atoms with Gasteiger partial charge in [0.2, 0.25) is 0 Å². The van der Waals surface area contributed by atoms with Crippen LogP contribution in [0, 0.1) is 10.1 Å². The Morgan fingerprint density at radius 3 is 2.65 bits per heavy atom. The number of nitrogens with zero attached hydrogens (tertiary/aromatic N) is 1. The summed E-state index contributed by atoms with van der Waals surface area (Å²) in [6.45, 7) is -0.934. The van der Waals surface area contributed by atoms with Gasteiger partial charge in [0.05, 0.1) is 16.1 Å². The van der Waals surface area contributed by atoms with Crippen LogP contribution in [0.5, 0.6) is 5.75 Å². The second-order valence-corrected chi connectivity index (χ2v) is 6.69. The first-order valence-corrected chi connectivity index (χ1v) is 8.88.